The van der Waals surface area contributed by atoms with Crippen LogP contribution in [0.4, 0.5) is 4.39 Å². The molecule has 0 aromatic carbocycles. The number of aromatic nitrogens is 4. The number of hydrogen-bond donors (Lipinski definition) is 1. The van der Waals surface area contributed by atoms with E-state index in [1.807, 2.05) is 4.57 Å². The van der Waals surface area contributed by atoms with E-state index in [4.69, 9.17) is 0 Å². The van der Waals surface area contributed by atoms with Crippen LogP contribution in [0, 0.1) is 5.82 Å². The Morgan fingerprint density at radius 2 is 2.16 bits per heavy atom. The topological polar surface area (TPSA) is 80.6 Å². The molecule has 0 amide bonds. The van der Waals surface area contributed by atoms with Crippen molar-refractivity contribution in [3.8, 4) is 11.3 Å². The minimum atomic E-state index is -0.606. The third-order valence-corrected chi connectivity index (χ3v) is 5.28. The van der Waals surface area contributed by atoms with Gasteiger partial charge in [-0.15, -0.1) is 0 Å². The zero-order valence-electron chi connectivity index (χ0n) is 12.8. The zero-order valence-corrected chi connectivity index (χ0v) is 13.6. The average Bonchev–Trinajstić information content (AvgIpc) is 3.38. The van der Waals surface area contributed by atoms with Crippen LogP contribution in [0.15, 0.2) is 40.2 Å². The first kappa shape index (κ1) is 14.5. The van der Waals surface area contributed by atoms with Crippen molar-refractivity contribution in [3.05, 3.63) is 57.0 Å². The Morgan fingerprint density at radius 3 is 2.88 bits per heavy atom. The first-order chi connectivity index (χ1) is 12.1. The number of halogens is 1. The summed E-state index contributed by atoms with van der Waals surface area (Å²) in [5.41, 5.74) is 0.192. The quantitative estimate of drug-likeness (QED) is 0.600. The number of rotatable bonds is 2. The molecule has 1 aliphatic carbocycles. The fraction of sp³-hybridized carbons (Fsp3) is 0.176. The largest absolute Gasteiger partial charge is 0.312 e. The van der Waals surface area contributed by atoms with Gasteiger partial charge in [-0.2, -0.15) is 0 Å². The molecular weight excluding hydrogens is 343 g/mol. The summed E-state index contributed by atoms with van der Waals surface area (Å²) in [4.78, 5) is 33.8. The van der Waals surface area contributed by atoms with Gasteiger partial charge in [-0.1, -0.05) is 0 Å². The minimum absolute atomic E-state index is 0.0831. The maximum Gasteiger partial charge on any atom is 0.271 e. The first-order valence-electron chi connectivity index (χ1n) is 7.81. The van der Waals surface area contributed by atoms with Gasteiger partial charge in [0.25, 0.3) is 5.56 Å². The highest BCUT2D eigenvalue weighted by molar-refractivity contribution is 7.12. The SMILES string of the molecule is O=c1[nH]sc2c1c(=O)c1cc(F)c(-c3cccnc3)nc1n2C1CC1. The Labute approximate surface area is 143 Å². The molecule has 1 saturated carbocycles. The highest BCUT2D eigenvalue weighted by atomic mass is 32.1. The van der Waals surface area contributed by atoms with E-state index in [-0.39, 0.29) is 22.5 Å². The highest BCUT2D eigenvalue weighted by Gasteiger charge is 2.30. The molecule has 6 nitrogen and oxygen atoms in total. The van der Waals surface area contributed by atoms with Crippen LogP contribution >= 0.6 is 11.5 Å². The molecule has 4 aromatic rings. The van der Waals surface area contributed by atoms with Crippen molar-refractivity contribution in [2.45, 2.75) is 18.9 Å². The summed E-state index contributed by atoms with van der Waals surface area (Å²) in [7, 11) is 0. The molecule has 0 aliphatic heterocycles. The third-order valence-electron chi connectivity index (χ3n) is 4.40. The number of aromatic amines is 1. The van der Waals surface area contributed by atoms with E-state index in [2.05, 4.69) is 14.3 Å². The van der Waals surface area contributed by atoms with Crippen LogP contribution in [-0.4, -0.2) is 18.9 Å². The molecule has 8 heteroatoms. The number of fused-ring (bicyclic) bond motifs is 2. The van der Waals surface area contributed by atoms with E-state index in [0.717, 1.165) is 24.4 Å². The number of hydrogen-bond acceptors (Lipinski definition) is 5. The van der Waals surface area contributed by atoms with E-state index in [0.29, 0.717) is 16.0 Å². The molecule has 25 heavy (non-hydrogen) atoms. The van der Waals surface area contributed by atoms with Gasteiger partial charge in [-0.25, -0.2) is 9.37 Å². The van der Waals surface area contributed by atoms with E-state index in [1.165, 1.54) is 12.3 Å². The van der Waals surface area contributed by atoms with E-state index in [1.54, 1.807) is 18.3 Å². The molecule has 0 atom stereocenters. The molecule has 4 aromatic heterocycles. The monoisotopic (exact) mass is 354 g/mol. The average molecular weight is 354 g/mol. The van der Waals surface area contributed by atoms with Gasteiger partial charge in [0, 0.05) is 24.0 Å². The summed E-state index contributed by atoms with van der Waals surface area (Å²) in [5.74, 6) is -0.606. The zero-order chi connectivity index (χ0) is 17.1. The lowest BCUT2D eigenvalue weighted by Crippen LogP contribution is -2.16. The van der Waals surface area contributed by atoms with Crippen LogP contribution < -0.4 is 11.0 Å². The van der Waals surface area contributed by atoms with Crippen LogP contribution in [0.3, 0.4) is 0 Å². The second-order valence-electron chi connectivity index (χ2n) is 6.08. The van der Waals surface area contributed by atoms with Gasteiger partial charge >= 0.3 is 0 Å². The molecule has 0 saturated heterocycles. The minimum Gasteiger partial charge on any atom is -0.312 e. The first-order valence-corrected chi connectivity index (χ1v) is 8.63. The number of H-pyrrole nitrogens is 1. The number of nitrogens with zero attached hydrogens (tertiary/aromatic N) is 3. The normalized spacial score (nSPS) is 14.4. The lowest BCUT2D eigenvalue weighted by molar-refractivity contribution is 0.627. The van der Waals surface area contributed by atoms with Crippen molar-refractivity contribution in [3.63, 3.8) is 0 Å². The Hall–Kier alpha value is -2.87. The lowest BCUT2D eigenvalue weighted by atomic mass is 10.1. The highest BCUT2D eigenvalue weighted by Crippen LogP contribution is 2.39. The molecule has 124 valence electrons. The van der Waals surface area contributed by atoms with Crippen molar-refractivity contribution >= 4 is 32.8 Å². The van der Waals surface area contributed by atoms with Gasteiger partial charge in [0.05, 0.1) is 5.39 Å². The van der Waals surface area contributed by atoms with Crippen LogP contribution in [0.1, 0.15) is 18.9 Å². The van der Waals surface area contributed by atoms with Gasteiger partial charge in [-0.05, 0) is 42.6 Å². The molecular formula is C17H11FN4O2S. The summed E-state index contributed by atoms with van der Waals surface area (Å²) in [6, 6.07) is 4.78. The molecule has 0 radical (unpaired) electrons. The summed E-state index contributed by atoms with van der Waals surface area (Å²) < 4.78 is 19.1. The van der Waals surface area contributed by atoms with Crippen LogP contribution in [-0.2, 0) is 0 Å². The van der Waals surface area contributed by atoms with Crippen LogP contribution in [0.25, 0.3) is 32.5 Å². The second kappa shape index (κ2) is 5.06. The fourth-order valence-electron chi connectivity index (χ4n) is 3.10. The Morgan fingerprint density at radius 1 is 1.32 bits per heavy atom. The summed E-state index contributed by atoms with van der Waals surface area (Å²) in [6.07, 6.45) is 5.02. The lowest BCUT2D eigenvalue weighted by Gasteiger charge is -2.12. The van der Waals surface area contributed by atoms with Crippen LogP contribution in [0.2, 0.25) is 0 Å². The summed E-state index contributed by atoms with van der Waals surface area (Å²) in [6.45, 7) is 0. The molecule has 4 heterocycles. The van der Waals surface area contributed by atoms with Crippen LogP contribution in [0.5, 0.6) is 0 Å². The van der Waals surface area contributed by atoms with Gasteiger partial charge in [0.2, 0.25) is 5.43 Å². The number of nitrogens with one attached hydrogen (secondary N) is 1. The van der Waals surface area contributed by atoms with Gasteiger partial charge in [-0.3, -0.25) is 18.9 Å². The second-order valence-corrected chi connectivity index (χ2v) is 6.87. The maximum atomic E-state index is 14.6. The summed E-state index contributed by atoms with van der Waals surface area (Å²) >= 11 is 1.12. The standard InChI is InChI=1S/C17H11FN4O2S/c18-11-6-10-14(23)12-16(24)21-25-17(12)22(9-3-4-9)15(10)20-13(11)8-2-1-5-19-7-8/h1-2,5-7,9H,3-4H2,(H,21,24). The maximum absolute atomic E-state index is 14.6. The van der Waals surface area contributed by atoms with Gasteiger partial charge in [0.1, 0.15) is 27.4 Å². The predicted molar refractivity (Wildman–Crippen MR) is 93.5 cm³/mol. The van der Waals surface area contributed by atoms with Crippen molar-refractivity contribution in [1.82, 2.24) is 18.9 Å². The molecule has 1 aliphatic rings. The summed E-state index contributed by atoms with van der Waals surface area (Å²) in [5, 5.41) is 0.216. The molecule has 5 rings (SSSR count). The predicted octanol–water partition coefficient (Wildman–Crippen LogP) is 2.84. The molecule has 0 unspecified atom stereocenters. The van der Waals surface area contributed by atoms with Crippen molar-refractivity contribution in [1.29, 1.82) is 0 Å². The van der Waals surface area contributed by atoms with E-state index in [9.17, 15) is 14.0 Å². The third kappa shape index (κ3) is 2.07. The fourth-order valence-corrected chi connectivity index (χ4v) is 4.01. The molecule has 0 bridgehead atoms. The van der Waals surface area contributed by atoms with E-state index >= 15 is 0 Å². The number of pyridine rings is 3. The Bertz CT molecular complexity index is 1260. The molecule has 1 fully saturated rings. The van der Waals surface area contributed by atoms with Gasteiger partial charge in [0.15, 0.2) is 0 Å². The van der Waals surface area contributed by atoms with Gasteiger partial charge < -0.3 is 4.57 Å². The van der Waals surface area contributed by atoms with Crippen molar-refractivity contribution in [2.24, 2.45) is 0 Å². The van der Waals surface area contributed by atoms with Crippen molar-refractivity contribution in [2.75, 3.05) is 0 Å². The van der Waals surface area contributed by atoms with Crippen molar-refractivity contribution < 1.29 is 4.39 Å². The Balaban J connectivity index is 1.96. The Kier molecular flexibility index (Phi) is 2.93. The van der Waals surface area contributed by atoms with E-state index < -0.39 is 16.8 Å². The molecule has 1 N–H and O–H groups in total. The molecule has 0 spiro atoms. The smallest absolute Gasteiger partial charge is 0.271 e.